The second-order valence-electron chi connectivity index (χ2n) is 3.83. The van der Waals surface area contributed by atoms with E-state index in [0.29, 0.717) is 6.04 Å². The predicted octanol–water partition coefficient (Wildman–Crippen LogP) is 3.34. The van der Waals surface area contributed by atoms with Crippen molar-refractivity contribution in [2.24, 2.45) is 0 Å². The van der Waals surface area contributed by atoms with Crippen molar-refractivity contribution in [1.82, 2.24) is 14.5 Å². The largest absolute Gasteiger partial charge is 0.324 e. The Bertz CT molecular complexity index is 488. The Morgan fingerprint density at radius 3 is 2.73 bits per heavy atom. The topological polar surface area (TPSA) is 30.7 Å². The summed E-state index contributed by atoms with van der Waals surface area (Å²) in [5.41, 5.74) is 2.12. The van der Waals surface area contributed by atoms with Crippen LogP contribution in [0.3, 0.4) is 0 Å². The summed E-state index contributed by atoms with van der Waals surface area (Å²) in [6.45, 7) is 6.47. The van der Waals surface area contributed by atoms with Gasteiger partial charge in [-0.2, -0.15) is 0 Å². The molecule has 3 nitrogen and oxygen atoms in total. The predicted molar refractivity (Wildman–Crippen MR) is 65.0 cm³/mol. The molecule has 2 aromatic heterocycles. The first-order valence-corrected chi connectivity index (χ1v) is 5.94. The van der Waals surface area contributed by atoms with Gasteiger partial charge in [-0.25, -0.2) is 4.98 Å². The van der Waals surface area contributed by atoms with E-state index in [4.69, 9.17) is 0 Å². The molecule has 2 aromatic rings. The smallest absolute Gasteiger partial charge is 0.109 e. The quantitative estimate of drug-likeness (QED) is 0.836. The molecule has 0 aliphatic rings. The lowest BCUT2D eigenvalue weighted by atomic mass is 10.3. The standard InChI is InChI=1S/C11H14BrN3/c1-4-10-14-9-6-13-5-8(12)11(9)15(10)7(2)3/h5-7H,4H2,1-3H3. The summed E-state index contributed by atoms with van der Waals surface area (Å²) in [6, 6.07) is 0.420. The van der Waals surface area contributed by atoms with Gasteiger partial charge in [0.15, 0.2) is 0 Å². The Morgan fingerprint density at radius 1 is 1.40 bits per heavy atom. The molecule has 0 radical (unpaired) electrons. The first kappa shape index (κ1) is 10.6. The van der Waals surface area contributed by atoms with Crippen molar-refractivity contribution in [3.63, 3.8) is 0 Å². The van der Waals surface area contributed by atoms with Gasteiger partial charge in [0.05, 0.1) is 16.2 Å². The fourth-order valence-electron chi connectivity index (χ4n) is 1.87. The van der Waals surface area contributed by atoms with Gasteiger partial charge in [-0.15, -0.1) is 0 Å². The van der Waals surface area contributed by atoms with Crippen LogP contribution in [0.1, 0.15) is 32.6 Å². The second kappa shape index (κ2) is 3.93. The third kappa shape index (κ3) is 1.67. The summed E-state index contributed by atoms with van der Waals surface area (Å²) < 4.78 is 3.28. The van der Waals surface area contributed by atoms with Crippen molar-refractivity contribution < 1.29 is 0 Å². The van der Waals surface area contributed by atoms with Crippen molar-refractivity contribution in [1.29, 1.82) is 0 Å². The third-order valence-electron chi connectivity index (χ3n) is 2.45. The fraction of sp³-hybridized carbons (Fsp3) is 0.455. The molecule has 0 unspecified atom stereocenters. The minimum absolute atomic E-state index is 0.420. The molecule has 0 saturated heterocycles. The van der Waals surface area contributed by atoms with E-state index in [1.165, 1.54) is 0 Å². The number of hydrogen-bond acceptors (Lipinski definition) is 2. The van der Waals surface area contributed by atoms with Gasteiger partial charge in [-0.05, 0) is 29.8 Å². The lowest BCUT2D eigenvalue weighted by Crippen LogP contribution is -2.05. The van der Waals surface area contributed by atoms with Gasteiger partial charge in [0.2, 0.25) is 0 Å². The first-order valence-electron chi connectivity index (χ1n) is 5.15. The number of nitrogens with zero attached hydrogens (tertiary/aromatic N) is 3. The molecule has 0 aliphatic carbocycles. The van der Waals surface area contributed by atoms with Crippen molar-refractivity contribution in [2.45, 2.75) is 33.2 Å². The van der Waals surface area contributed by atoms with Crippen LogP contribution in [0, 0.1) is 0 Å². The number of aromatic nitrogens is 3. The molecular formula is C11H14BrN3. The highest BCUT2D eigenvalue weighted by Gasteiger charge is 2.14. The Labute approximate surface area is 97.7 Å². The molecule has 0 amide bonds. The molecule has 0 atom stereocenters. The van der Waals surface area contributed by atoms with Gasteiger partial charge in [0, 0.05) is 18.7 Å². The lowest BCUT2D eigenvalue weighted by molar-refractivity contribution is 0.587. The maximum absolute atomic E-state index is 4.58. The molecular weight excluding hydrogens is 254 g/mol. The van der Waals surface area contributed by atoms with Crippen LogP contribution in [0.15, 0.2) is 16.9 Å². The van der Waals surface area contributed by atoms with Crippen molar-refractivity contribution in [2.75, 3.05) is 0 Å². The highest BCUT2D eigenvalue weighted by Crippen LogP contribution is 2.27. The average molecular weight is 268 g/mol. The van der Waals surface area contributed by atoms with Crippen LogP contribution in [-0.4, -0.2) is 14.5 Å². The molecule has 80 valence electrons. The Balaban J connectivity index is 2.82. The summed E-state index contributed by atoms with van der Waals surface area (Å²) in [7, 11) is 0. The minimum Gasteiger partial charge on any atom is -0.324 e. The molecule has 0 N–H and O–H groups in total. The molecule has 2 heterocycles. The zero-order chi connectivity index (χ0) is 11.0. The second-order valence-corrected chi connectivity index (χ2v) is 4.69. The number of halogens is 1. The zero-order valence-corrected chi connectivity index (χ0v) is 10.7. The highest BCUT2D eigenvalue weighted by atomic mass is 79.9. The molecule has 4 heteroatoms. The lowest BCUT2D eigenvalue weighted by Gasteiger charge is -2.12. The van der Waals surface area contributed by atoms with E-state index in [0.717, 1.165) is 27.8 Å². The van der Waals surface area contributed by atoms with Gasteiger partial charge in [-0.1, -0.05) is 6.92 Å². The molecule has 0 fully saturated rings. The van der Waals surface area contributed by atoms with Crippen LogP contribution in [0.2, 0.25) is 0 Å². The van der Waals surface area contributed by atoms with Crippen molar-refractivity contribution in [3.05, 3.63) is 22.7 Å². The van der Waals surface area contributed by atoms with E-state index in [1.807, 2.05) is 12.4 Å². The third-order valence-corrected chi connectivity index (χ3v) is 3.03. The van der Waals surface area contributed by atoms with Crippen LogP contribution in [0.4, 0.5) is 0 Å². The normalized spacial score (nSPS) is 11.5. The fourth-order valence-corrected chi connectivity index (χ4v) is 2.38. The highest BCUT2D eigenvalue weighted by molar-refractivity contribution is 9.10. The van der Waals surface area contributed by atoms with Gasteiger partial charge >= 0.3 is 0 Å². The van der Waals surface area contributed by atoms with E-state index < -0.39 is 0 Å². The maximum Gasteiger partial charge on any atom is 0.109 e. The summed E-state index contributed by atoms with van der Waals surface area (Å²) in [4.78, 5) is 8.72. The number of rotatable bonds is 2. The number of fused-ring (bicyclic) bond motifs is 1. The van der Waals surface area contributed by atoms with E-state index in [9.17, 15) is 0 Å². The molecule has 0 spiro atoms. The molecule has 2 rings (SSSR count). The van der Waals surface area contributed by atoms with Crippen LogP contribution in [0.25, 0.3) is 11.0 Å². The molecule has 15 heavy (non-hydrogen) atoms. The molecule has 0 aliphatic heterocycles. The van der Waals surface area contributed by atoms with E-state index in [1.54, 1.807) is 0 Å². The molecule has 0 saturated carbocycles. The van der Waals surface area contributed by atoms with Gasteiger partial charge < -0.3 is 4.57 Å². The van der Waals surface area contributed by atoms with E-state index in [-0.39, 0.29) is 0 Å². The molecule has 0 aromatic carbocycles. The zero-order valence-electron chi connectivity index (χ0n) is 9.16. The SMILES string of the molecule is CCc1nc2cncc(Br)c2n1C(C)C. The number of pyridine rings is 1. The van der Waals surface area contributed by atoms with E-state index >= 15 is 0 Å². The Hall–Kier alpha value is -0.900. The van der Waals surface area contributed by atoms with Crippen LogP contribution in [0.5, 0.6) is 0 Å². The Kier molecular flexibility index (Phi) is 2.78. The number of imidazole rings is 1. The van der Waals surface area contributed by atoms with Gasteiger partial charge in [-0.3, -0.25) is 4.98 Å². The summed E-state index contributed by atoms with van der Waals surface area (Å²) in [5.74, 6) is 1.12. The van der Waals surface area contributed by atoms with Crippen LogP contribution < -0.4 is 0 Å². The summed E-state index contributed by atoms with van der Waals surface area (Å²) >= 11 is 3.54. The first-order chi connectivity index (χ1) is 7.15. The minimum atomic E-state index is 0.420. The maximum atomic E-state index is 4.58. The van der Waals surface area contributed by atoms with Crippen molar-refractivity contribution >= 4 is 27.0 Å². The van der Waals surface area contributed by atoms with Crippen LogP contribution >= 0.6 is 15.9 Å². The average Bonchev–Trinajstić information content (AvgIpc) is 2.57. The monoisotopic (exact) mass is 267 g/mol. The van der Waals surface area contributed by atoms with E-state index in [2.05, 4.69) is 51.2 Å². The number of aryl methyl sites for hydroxylation is 1. The Morgan fingerprint density at radius 2 is 2.13 bits per heavy atom. The summed E-state index contributed by atoms with van der Waals surface area (Å²) in [5, 5.41) is 0. The van der Waals surface area contributed by atoms with Crippen molar-refractivity contribution in [3.8, 4) is 0 Å². The number of hydrogen-bond donors (Lipinski definition) is 0. The van der Waals surface area contributed by atoms with Gasteiger partial charge in [0.1, 0.15) is 11.3 Å². The summed E-state index contributed by atoms with van der Waals surface area (Å²) in [6.07, 6.45) is 4.58. The molecule has 0 bridgehead atoms. The van der Waals surface area contributed by atoms with Crippen LogP contribution in [-0.2, 0) is 6.42 Å². The van der Waals surface area contributed by atoms with Gasteiger partial charge in [0.25, 0.3) is 0 Å².